The summed E-state index contributed by atoms with van der Waals surface area (Å²) < 4.78 is 5.16. The van der Waals surface area contributed by atoms with E-state index in [1.54, 1.807) is 17.0 Å². The average Bonchev–Trinajstić information content (AvgIpc) is 3.21. The van der Waals surface area contributed by atoms with Crippen molar-refractivity contribution in [2.24, 2.45) is 5.41 Å². The topological polar surface area (TPSA) is 117 Å². The Morgan fingerprint density at radius 2 is 1.87 bits per heavy atom. The van der Waals surface area contributed by atoms with Crippen LogP contribution < -0.4 is 10.6 Å². The van der Waals surface area contributed by atoms with Gasteiger partial charge in [-0.3, -0.25) is 14.4 Å². The summed E-state index contributed by atoms with van der Waals surface area (Å²) in [5, 5.41) is 5.62. The van der Waals surface area contributed by atoms with Crippen LogP contribution >= 0.6 is 0 Å². The molecule has 1 aliphatic rings. The smallest absolute Gasteiger partial charge is 0.289 e. The monoisotopic (exact) mass is 413 g/mol. The van der Waals surface area contributed by atoms with Gasteiger partial charge in [0.2, 0.25) is 5.91 Å². The van der Waals surface area contributed by atoms with Crippen molar-refractivity contribution in [1.29, 1.82) is 0 Å². The van der Waals surface area contributed by atoms with E-state index in [-0.39, 0.29) is 34.8 Å². The van der Waals surface area contributed by atoms with E-state index in [1.807, 2.05) is 20.8 Å². The number of piperidine rings is 1. The molecule has 30 heavy (non-hydrogen) atoms. The number of likely N-dealkylation sites (tertiary alicyclic amines) is 1. The third kappa shape index (κ3) is 5.65. The maximum atomic E-state index is 12.7. The Bertz CT molecular complexity index is 896. The molecule has 0 saturated carbocycles. The number of hydrogen-bond donors (Lipinski definition) is 2. The summed E-state index contributed by atoms with van der Waals surface area (Å²) in [4.78, 5) is 47.2. The molecule has 9 heteroatoms. The van der Waals surface area contributed by atoms with Crippen molar-refractivity contribution in [2.75, 3.05) is 18.4 Å². The SMILES string of the molecule is CC(C)(C)CC(=O)Nc1nccnc1C(=O)NC1CCN(C(=O)c2ccco2)CC1. The van der Waals surface area contributed by atoms with Crippen LogP contribution in [0.5, 0.6) is 0 Å². The van der Waals surface area contributed by atoms with Crippen LogP contribution in [0, 0.1) is 5.41 Å². The van der Waals surface area contributed by atoms with Gasteiger partial charge in [-0.1, -0.05) is 20.8 Å². The Labute approximate surface area is 175 Å². The summed E-state index contributed by atoms with van der Waals surface area (Å²) >= 11 is 0. The van der Waals surface area contributed by atoms with Crippen molar-refractivity contribution in [3.8, 4) is 0 Å². The zero-order chi connectivity index (χ0) is 21.7. The average molecular weight is 413 g/mol. The van der Waals surface area contributed by atoms with Crippen molar-refractivity contribution in [3.05, 3.63) is 42.2 Å². The predicted molar refractivity (Wildman–Crippen MR) is 110 cm³/mol. The molecule has 0 spiro atoms. The molecule has 1 fully saturated rings. The Morgan fingerprint density at radius 1 is 1.17 bits per heavy atom. The molecule has 2 aromatic rings. The van der Waals surface area contributed by atoms with E-state index in [2.05, 4.69) is 20.6 Å². The van der Waals surface area contributed by atoms with Crippen molar-refractivity contribution < 1.29 is 18.8 Å². The molecule has 2 aromatic heterocycles. The molecule has 1 saturated heterocycles. The minimum Gasteiger partial charge on any atom is -0.459 e. The number of nitrogens with zero attached hydrogens (tertiary/aromatic N) is 3. The summed E-state index contributed by atoms with van der Waals surface area (Å²) in [6, 6.07) is 3.22. The summed E-state index contributed by atoms with van der Waals surface area (Å²) in [5.41, 5.74) is -0.107. The van der Waals surface area contributed by atoms with Gasteiger partial charge >= 0.3 is 0 Å². The lowest BCUT2D eigenvalue weighted by molar-refractivity contribution is -0.117. The Hall–Kier alpha value is -3.23. The summed E-state index contributed by atoms with van der Waals surface area (Å²) in [6.45, 7) is 6.90. The van der Waals surface area contributed by atoms with E-state index in [0.717, 1.165) is 0 Å². The van der Waals surface area contributed by atoms with Crippen LogP contribution in [0.25, 0.3) is 0 Å². The van der Waals surface area contributed by atoms with E-state index in [1.165, 1.54) is 18.7 Å². The zero-order valence-electron chi connectivity index (χ0n) is 17.5. The Balaban J connectivity index is 1.57. The highest BCUT2D eigenvalue weighted by molar-refractivity contribution is 6.01. The lowest BCUT2D eigenvalue weighted by Gasteiger charge is -2.31. The number of anilines is 1. The number of amides is 3. The summed E-state index contributed by atoms with van der Waals surface area (Å²) in [6.07, 6.45) is 5.85. The Kier molecular flexibility index (Phi) is 6.49. The van der Waals surface area contributed by atoms with Crippen LogP contribution in [0.3, 0.4) is 0 Å². The van der Waals surface area contributed by atoms with E-state index in [9.17, 15) is 14.4 Å². The van der Waals surface area contributed by atoms with Gasteiger partial charge < -0.3 is 20.0 Å². The largest absolute Gasteiger partial charge is 0.459 e. The number of rotatable bonds is 5. The third-order valence-electron chi connectivity index (χ3n) is 4.71. The van der Waals surface area contributed by atoms with Gasteiger partial charge in [0.05, 0.1) is 6.26 Å². The van der Waals surface area contributed by atoms with Crippen molar-refractivity contribution in [3.63, 3.8) is 0 Å². The lowest BCUT2D eigenvalue weighted by Crippen LogP contribution is -2.46. The number of hydrogen-bond acceptors (Lipinski definition) is 6. The number of nitrogens with one attached hydrogen (secondary N) is 2. The summed E-state index contributed by atoms with van der Waals surface area (Å²) in [5.74, 6) is -0.309. The maximum absolute atomic E-state index is 12.7. The van der Waals surface area contributed by atoms with Gasteiger partial charge in [0.15, 0.2) is 17.3 Å². The van der Waals surface area contributed by atoms with E-state index >= 15 is 0 Å². The number of carbonyl (C=O) groups is 3. The molecule has 3 rings (SSSR count). The molecule has 0 atom stereocenters. The van der Waals surface area contributed by atoms with Gasteiger partial charge in [-0.15, -0.1) is 0 Å². The van der Waals surface area contributed by atoms with Gasteiger partial charge in [-0.2, -0.15) is 0 Å². The normalized spacial score (nSPS) is 15.0. The summed E-state index contributed by atoms with van der Waals surface area (Å²) in [7, 11) is 0. The first-order valence-corrected chi connectivity index (χ1v) is 9.97. The fourth-order valence-electron chi connectivity index (χ4n) is 3.29. The molecule has 160 valence electrons. The van der Waals surface area contributed by atoms with Gasteiger partial charge in [-0.05, 0) is 30.4 Å². The second-order valence-electron chi connectivity index (χ2n) is 8.56. The number of carbonyl (C=O) groups excluding carboxylic acids is 3. The fraction of sp³-hybridized carbons (Fsp3) is 0.476. The molecule has 2 N–H and O–H groups in total. The Morgan fingerprint density at radius 3 is 2.50 bits per heavy atom. The quantitative estimate of drug-likeness (QED) is 0.778. The first-order valence-electron chi connectivity index (χ1n) is 9.97. The minimum absolute atomic E-state index is 0.0776. The van der Waals surface area contributed by atoms with Crippen LogP contribution in [0.15, 0.2) is 35.2 Å². The van der Waals surface area contributed by atoms with E-state index in [4.69, 9.17) is 4.42 Å². The number of furan rings is 1. The van der Waals surface area contributed by atoms with E-state index < -0.39 is 5.91 Å². The maximum Gasteiger partial charge on any atom is 0.289 e. The second kappa shape index (κ2) is 9.06. The molecule has 0 aliphatic carbocycles. The highest BCUT2D eigenvalue weighted by Crippen LogP contribution is 2.20. The predicted octanol–water partition coefficient (Wildman–Crippen LogP) is 2.48. The van der Waals surface area contributed by atoms with Crippen molar-refractivity contribution in [2.45, 2.75) is 46.1 Å². The first-order chi connectivity index (χ1) is 14.2. The first kappa shape index (κ1) is 21.5. The van der Waals surface area contributed by atoms with Crippen LogP contribution in [-0.2, 0) is 4.79 Å². The molecule has 0 aromatic carbocycles. The third-order valence-corrected chi connectivity index (χ3v) is 4.71. The second-order valence-corrected chi connectivity index (χ2v) is 8.56. The van der Waals surface area contributed by atoms with Gasteiger partial charge in [0.25, 0.3) is 11.8 Å². The molecule has 0 unspecified atom stereocenters. The highest BCUT2D eigenvalue weighted by atomic mass is 16.3. The van der Waals surface area contributed by atoms with Crippen LogP contribution in [0.2, 0.25) is 0 Å². The van der Waals surface area contributed by atoms with Crippen LogP contribution in [0.1, 0.15) is 61.1 Å². The molecule has 0 bridgehead atoms. The lowest BCUT2D eigenvalue weighted by atomic mass is 9.92. The van der Waals surface area contributed by atoms with Gasteiger partial charge in [0, 0.05) is 37.9 Å². The van der Waals surface area contributed by atoms with Crippen LogP contribution in [0.4, 0.5) is 5.82 Å². The van der Waals surface area contributed by atoms with Crippen molar-refractivity contribution in [1.82, 2.24) is 20.2 Å². The van der Waals surface area contributed by atoms with Crippen molar-refractivity contribution >= 4 is 23.5 Å². The van der Waals surface area contributed by atoms with Gasteiger partial charge in [-0.25, -0.2) is 9.97 Å². The van der Waals surface area contributed by atoms with E-state index in [0.29, 0.717) is 38.1 Å². The molecule has 9 nitrogen and oxygen atoms in total. The highest BCUT2D eigenvalue weighted by Gasteiger charge is 2.27. The standard InChI is InChI=1S/C21H27N5O4/c1-21(2,3)13-16(27)25-18-17(22-8-9-23-18)19(28)24-14-6-10-26(11-7-14)20(29)15-5-4-12-30-15/h4-5,8-9,12,14H,6-7,10-11,13H2,1-3H3,(H,24,28)(H,23,25,27). The van der Waals surface area contributed by atoms with Crippen LogP contribution in [-0.4, -0.2) is 51.7 Å². The molecule has 1 aliphatic heterocycles. The molecule has 3 amide bonds. The van der Waals surface area contributed by atoms with Gasteiger partial charge in [0.1, 0.15) is 0 Å². The minimum atomic E-state index is -0.398. The molecular weight excluding hydrogens is 386 g/mol. The molecule has 3 heterocycles. The molecular formula is C21H27N5O4. The molecule has 0 radical (unpaired) electrons. The number of aromatic nitrogens is 2. The zero-order valence-corrected chi connectivity index (χ0v) is 17.5. The fourth-order valence-corrected chi connectivity index (χ4v) is 3.29.